The van der Waals surface area contributed by atoms with E-state index in [0.717, 1.165) is 15.9 Å². The molecule has 2 aromatic heterocycles. The molecule has 0 amide bonds. The van der Waals surface area contributed by atoms with E-state index in [1.54, 1.807) is 12.4 Å². The largest absolute Gasteiger partial charge is 0.322 e. The third kappa shape index (κ3) is 2.65. The van der Waals surface area contributed by atoms with Crippen molar-refractivity contribution in [1.29, 1.82) is 0 Å². The SMILES string of the molecule is NC(Cc1ccccn1)c1ncccc1Br. The van der Waals surface area contributed by atoms with Gasteiger partial charge in [0.05, 0.1) is 11.7 Å². The summed E-state index contributed by atoms with van der Waals surface area (Å²) in [6.45, 7) is 0. The molecular weight excluding hydrogens is 266 g/mol. The molecule has 0 radical (unpaired) electrons. The Bertz CT molecular complexity index is 459. The molecule has 0 aliphatic carbocycles. The number of rotatable bonds is 3. The van der Waals surface area contributed by atoms with Gasteiger partial charge in [0.25, 0.3) is 0 Å². The molecule has 0 saturated heterocycles. The van der Waals surface area contributed by atoms with E-state index in [0.29, 0.717) is 6.42 Å². The summed E-state index contributed by atoms with van der Waals surface area (Å²) >= 11 is 3.45. The van der Waals surface area contributed by atoms with Crippen molar-refractivity contribution in [3.8, 4) is 0 Å². The van der Waals surface area contributed by atoms with Crippen LogP contribution in [0, 0.1) is 0 Å². The van der Waals surface area contributed by atoms with Crippen molar-refractivity contribution in [3.05, 3.63) is 58.6 Å². The average Bonchev–Trinajstić information content (AvgIpc) is 2.31. The first kappa shape index (κ1) is 11.2. The van der Waals surface area contributed by atoms with E-state index in [4.69, 9.17) is 5.73 Å². The Morgan fingerprint density at radius 2 is 1.94 bits per heavy atom. The normalized spacial score (nSPS) is 12.4. The minimum atomic E-state index is -0.134. The molecule has 0 fully saturated rings. The first-order valence-corrected chi connectivity index (χ1v) is 5.82. The van der Waals surface area contributed by atoms with Crippen LogP contribution in [0.5, 0.6) is 0 Å². The van der Waals surface area contributed by atoms with Gasteiger partial charge in [-0.2, -0.15) is 0 Å². The molecule has 0 spiro atoms. The minimum absolute atomic E-state index is 0.134. The molecular formula is C12H12BrN3. The lowest BCUT2D eigenvalue weighted by Crippen LogP contribution is -2.16. The lowest BCUT2D eigenvalue weighted by Gasteiger charge is -2.11. The van der Waals surface area contributed by atoms with Gasteiger partial charge >= 0.3 is 0 Å². The van der Waals surface area contributed by atoms with E-state index in [9.17, 15) is 0 Å². The summed E-state index contributed by atoms with van der Waals surface area (Å²) in [5.74, 6) is 0. The van der Waals surface area contributed by atoms with Gasteiger partial charge in [-0.05, 0) is 40.2 Å². The molecule has 2 heterocycles. The quantitative estimate of drug-likeness (QED) is 0.938. The summed E-state index contributed by atoms with van der Waals surface area (Å²) in [6, 6.07) is 9.51. The fourth-order valence-electron chi connectivity index (χ4n) is 1.51. The smallest absolute Gasteiger partial charge is 0.0716 e. The third-order valence-corrected chi connectivity index (χ3v) is 2.96. The second-order valence-corrected chi connectivity index (χ2v) is 4.36. The predicted molar refractivity (Wildman–Crippen MR) is 66.8 cm³/mol. The Kier molecular flexibility index (Phi) is 3.64. The lowest BCUT2D eigenvalue weighted by molar-refractivity contribution is 0.679. The Balaban J connectivity index is 2.15. The molecule has 16 heavy (non-hydrogen) atoms. The van der Waals surface area contributed by atoms with E-state index in [1.165, 1.54) is 0 Å². The summed E-state index contributed by atoms with van der Waals surface area (Å²) < 4.78 is 0.943. The minimum Gasteiger partial charge on any atom is -0.322 e. The monoisotopic (exact) mass is 277 g/mol. The Labute approximate surface area is 103 Å². The standard InChI is InChI=1S/C12H12BrN3/c13-10-5-3-7-16-12(10)11(14)8-9-4-1-2-6-15-9/h1-7,11H,8,14H2. The summed E-state index contributed by atoms with van der Waals surface area (Å²) in [4.78, 5) is 8.53. The maximum absolute atomic E-state index is 6.10. The van der Waals surface area contributed by atoms with Gasteiger partial charge in [0.2, 0.25) is 0 Å². The number of pyridine rings is 2. The summed E-state index contributed by atoms with van der Waals surface area (Å²) in [7, 11) is 0. The third-order valence-electron chi connectivity index (χ3n) is 2.29. The van der Waals surface area contributed by atoms with Gasteiger partial charge < -0.3 is 5.73 Å². The summed E-state index contributed by atoms with van der Waals surface area (Å²) in [6.07, 6.45) is 4.21. The van der Waals surface area contributed by atoms with Crippen molar-refractivity contribution in [2.75, 3.05) is 0 Å². The first-order chi connectivity index (χ1) is 7.77. The van der Waals surface area contributed by atoms with Gasteiger partial charge in [-0.25, -0.2) is 0 Å². The maximum atomic E-state index is 6.10. The van der Waals surface area contributed by atoms with Crippen LogP contribution in [-0.2, 0) is 6.42 Å². The second kappa shape index (κ2) is 5.18. The molecule has 0 bridgehead atoms. The molecule has 0 aliphatic heterocycles. The zero-order valence-electron chi connectivity index (χ0n) is 8.68. The number of hydrogen-bond donors (Lipinski definition) is 1. The van der Waals surface area contributed by atoms with E-state index in [2.05, 4.69) is 25.9 Å². The van der Waals surface area contributed by atoms with Gasteiger partial charge in [0.1, 0.15) is 0 Å². The Hall–Kier alpha value is -1.26. The zero-order valence-corrected chi connectivity index (χ0v) is 10.3. The highest BCUT2D eigenvalue weighted by Gasteiger charge is 2.11. The van der Waals surface area contributed by atoms with E-state index in [-0.39, 0.29) is 6.04 Å². The molecule has 3 nitrogen and oxygen atoms in total. The zero-order chi connectivity index (χ0) is 11.4. The van der Waals surface area contributed by atoms with Crippen molar-refractivity contribution in [3.63, 3.8) is 0 Å². The molecule has 1 unspecified atom stereocenters. The number of aromatic nitrogens is 2. The van der Waals surface area contributed by atoms with Crippen molar-refractivity contribution in [2.24, 2.45) is 5.73 Å². The lowest BCUT2D eigenvalue weighted by atomic mass is 10.1. The molecule has 82 valence electrons. The van der Waals surface area contributed by atoms with Gasteiger partial charge in [-0.15, -0.1) is 0 Å². The number of nitrogens with zero attached hydrogens (tertiary/aromatic N) is 2. The van der Waals surface area contributed by atoms with Gasteiger partial charge in [-0.3, -0.25) is 9.97 Å². The molecule has 4 heteroatoms. The number of halogens is 1. The fraction of sp³-hybridized carbons (Fsp3) is 0.167. The van der Waals surface area contributed by atoms with E-state index < -0.39 is 0 Å². The van der Waals surface area contributed by atoms with Crippen LogP contribution in [0.15, 0.2) is 47.2 Å². The van der Waals surface area contributed by atoms with Crippen LogP contribution in [0.1, 0.15) is 17.4 Å². The number of hydrogen-bond acceptors (Lipinski definition) is 3. The van der Waals surface area contributed by atoms with Crippen LogP contribution in [-0.4, -0.2) is 9.97 Å². The molecule has 2 N–H and O–H groups in total. The van der Waals surface area contributed by atoms with Crippen molar-refractivity contribution in [1.82, 2.24) is 9.97 Å². The Morgan fingerprint density at radius 1 is 1.12 bits per heavy atom. The van der Waals surface area contributed by atoms with Crippen molar-refractivity contribution < 1.29 is 0 Å². The molecule has 0 aromatic carbocycles. The fourth-order valence-corrected chi connectivity index (χ4v) is 2.06. The topological polar surface area (TPSA) is 51.8 Å². The predicted octanol–water partition coefficient (Wildman–Crippen LogP) is 2.48. The molecule has 0 aliphatic rings. The highest BCUT2D eigenvalue weighted by Crippen LogP contribution is 2.21. The van der Waals surface area contributed by atoms with Gasteiger partial charge in [-0.1, -0.05) is 6.07 Å². The maximum Gasteiger partial charge on any atom is 0.0716 e. The Morgan fingerprint density at radius 3 is 2.62 bits per heavy atom. The van der Waals surface area contributed by atoms with Crippen LogP contribution >= 0.6 is 15.9 Å². The van der Waals surface area contributed by atoms with Crippen LogP contribution in [0.3, 0.4) is 0 Å². The van der Waals surface area contributed by atoms with Crippen LogP contribution < -0.4 is 5.73 Å². The second-order valence-electron chi connectivity index (χ2n) is 3.50. The molecule has 2 aromatic rings. The summed E-state index contributed by atoms with van der Waals surface area (Å²) in [5.41, 5.74) is 7.94. The van der Waals surface area contributed by atoms with Crippen molar-refractivity contribution in [2.45, 2.75) is 12.5 Å². The van der Waals surface area contributed by atoms with Crippen LogP contribution in [0.25, 0.3) is 0 Å². The molecule has 2 rings (SSSR count). The average molecular weight is 278 g/mol. The van der Waals surface area contributed by atoms with E-state index in [1.807, 2.05) is 30.3 Å². The van der Waals surface area contributed by atoms with Gasteiger partial charge in [0, 0.05) is 29.0 Å². The first-order valence-electron chi connectivity index (χ1n) is 5.03. The summed E-state index contributed by atoms with van der Waals surface area (Å²) in [5, 5.41) is 0. The van der Waals surface area contributed by atoms with E-state index >= 15 is 0 Å². The van der Waals surface area contributed by atoms with Crippen molar-refractivity contribution >= 4 is 15.9 Å². The van der Waals surface area contributed by atoms with Crippen LogP contribution in [0.4, 0.5) is 0 Å². The van der Waals surface area contributed by atoms with Gasteiger partial charge in [0.15, 0.2) is 0 Å². The van der Waals surface area contributed by atoms with Crippen LogP contribution in [0.2, 0.25) is 0 Å². The number of nitrogens with two attached hydrogens (primary N) is 1. The highest BCUT2D eigenvalue weighted by atomic mass is 79.9. The molecule has 0 saturated carbocycles. The molecule has 1 atom stereocenters. The highest BCUT2D eigenvalue weighted by molar-refractivity contribution is 9.10.